The lowest BCUT2D eigenvalue weighted by molar-refractivity contribution is 0.0606. The van der Waals surface area contributed by atoms with Crippen molar-refractivity contribution in [3.8, 4) is 0 Å². The summed E-state index contributed by atoms with van der Waals surface area (Å²) in [6, 6.07) is 18.4. The van der Waals surface area contributed by atoms with Crippen LogP contribution in [0, 0.1) is 11.6 Å². The van der Waals surface area contributed by atoms with Gasteiger partial charge < -0.3 is 16.0 Å². The average Bonchev–Trinajstić information content (AvgIpc) is 2.84. The molecule has 0 unspecified atom stereocenters. The van der Waals surface area contributed by atoms with Gasteiger partial charge in [-0.05, 0) is 85.8 Å². The summed E-state index contributed by atoms with van der Waals surface area (Å²) in [7, 11) is 0. The first-order chi connectivity index (χ1) is 16.4. The normalized spacial score (nSPS) is 17.7. The Morgan fingerprint density at radius 1 is 0.853 bits per heavy atom. The smallest absolute Gasteiger partial charge is 0.255 e. The summed E-state index contributed by atoms with van der Waals surface area (Å²) in [6.45, 7) is 0.363. The molecule has 34 heavy (non-hydrogen) atoms. The molecular formula is C27H27F2N3O2. The average molecular weight is 464 g/mol. The Morgan fingerprint density at radius 3 is 2.18 bits per heavy atom. The Bertz CT molecular complexity index is 1140. The molecule has 0 aromatic heterocycles. The number of carbonyl (C=O) groups is 2. The molecule has 0 heterocycles. The fraction of sp³-hybridized carbons (Fsp3) is 0.259. The lowest BCUT2D eigenvalue weighted by Gasteiger charge is -2.36. The molecule has 2 amide bonds. The van der Waals surface area contributed by atoms with Crippen LogP contribution in [0.5, 0.6) is 0 Å². The summed E-state index contributed by atoms with van der Waals surface area (Å²) < 4.78 is 26.8. The number of benzene rings is 3. The van der Waals surface area contributed by atoms with Gasteiger partial charge in [-0.15, -0.1) is 0 Å². The third kappa shape index (κ3) is 5.85. The number of rotatable bonds is 6. The summed E-state index contributed by atoms with van der Waals surface area (Å²) >= 11 is 0. The van der Waals surface area contributed by atoms with Crippen LogP contribution in [0.1, 0.15) is 52.0 Å². The number of hydrogen-bond donors (Lipinski definition) is 2. The van der Waals surface area contributed by atoms with E-state index in [1.54, 1.807) is 23.1 Å². The van der Waals surface area contributed by atoms with Crippen molar-refractivity contribution in [1.29, 1.82) is 0 Å². The number of nitrogens with two attached hydrogens (primary N) is 1. The summed E-state index contributed by atoms with van der Waals surface area (Å²) in [5.74, 6) is -1.40. The molecule has 3 aromatic carbocycles. The third-order valence-corrected chi connectivity index (χ3v) is 6.19. The molecule has 176 valence electrons. The van der Waals surface area contributed by atoms with Gasteiger partial charge >= 0.3 is 0 Å². The first-order valence-corrected chi connectivity index (χ1v) is 11.4. The SMILES string of the molecule is NC1CCC(N(Cc2ccc(NC(=O)c3ccc(F)cc3)cc2)C(=O)c2cccc(F)c2)CC1. The molecule has 7 heteroatoms. The number of anilines is 1. The van der Waals surface area contributed by atoms with E-state index in [2.05, 4.69) is 5.32 Å². The highest BCUT2D eigenvalue weighted by molar-refractivity contribution is 6.04. The van der Waals surface area contributed by atoms with Gasteiger partial charge in [-0.2, -0.15) is 0 Å². The highest BCUT2D eigenvalue weighted by Crippen LogP contribution is 2.26. The highest BCUT2D eigenvalue weighted by atomic mass is 19.1. The third-order valence-electron chi connectivity index (χ3n) is 6.19. The van der Waals surface area contributed by atoms with Crippen LogP contribution in [0.25, 0.3) is 0 Å². The Balaban J connectivity index is 1.48. The van der Waals surface area contributed by atoms with E-state index in [0.717, 1.165) is 31.2 Å². The van der Waals surface area contributed by atoms with Crippen molar-refractivity contribution in [3.63, 3.8) is 0 Å². The van der Waals surface area contributed by atoms with Crippen molar-refractivity contribution < 1.29 is 18.4 Å². The fourth-order valence-corrected chi connectivity index (χ4v) is 4.26. The molecular weight excluding hydrogens is 436 g/mol. The first-order valence-electron chi connectivity index (χ1n) is 11.4. The van der Waals surface area contributed by atoms with E-state index in [9.17, 15) is 18.4 Å². The summed E-state index contributed by atoms with van der Waals surface area (Å²) in [4.78, 5) is 27.5. The number of halogens is 2. The summed E-state index contributed by atoms with van der Waals surface area (Å²) in [6.07, 6.45) is 3.28. The predicted octanol–water partition coefficient (Wildman–Crippen LogP) is 5.13. The standard InChI is InChI=1S/C27H27F2N3O2/c28-21-8-6-19(7-9-21)26(33)31-24-12-4-18(5-13-24)17-32(25-14-10-23(30)11-15-25)27(34)20-2-1-3-22(29)16-20/h1-9,12-13,16,23,25H,10-11,14-15,17,30H2,(H,31,33). The van der Waals surface area contributed by atoms with Crippen molar-refractivity contribution in [1.82, 2.24) is 4.90 Å². The molecule has 0 radical (unpaired) electrons. The van der Waals surface area contributed by atoms with Gasteiger partial charge in [0.05, 0.1) is 0 Å². The number of nitrogens with zero attached hydrogens (tertiary/aromatic N) is 1. The lowest BCUT2D eigenvalue weighted by atomic mass is 9.90. The second-order valence-electron chi connectivity index (χ2n) is 8.67. The maximum absolute atomic E-state index is 13.8. The minimum atomic E-state index is -0.447. The largest absolute Gasteiger partial charge is 0.331 e. The van der Waals surface area contributed by atoms with Gasteiger partial charge in [0, 0.05) is 35.4 Å². The Hall–Kier alpha value is -3.58. The molecule has 5 nitrogen and oxygen atoms in total. The van der Waals surface area contributed by atoms with E-state index >= 15 is 0 Å². The van der Waals surface area contributed by atoms with E-state index in [4.69, 9.17) is 5.73 Å². The maximum Gasteiger partial charge on any atom is 0.255 e. The minimum Gasteiger partial charge on any atom is -0.331 e. The van der Waals surface area contributed by atoms with Gasteiger partial charge in [0.25, 0.3) is 11.8 Å². The van der Waals surface area contributed by atoms with Crippen molar-refractivity contribution in [2.75, 3.05) is 5.32 Å². The van der Waals surface area contributed by atoms with E-state index in [-0.39, 0.29) is 23.9 Å². The highest BCUT2D eigenvalue weighted by Gasteiger charge is 2.28. The number of nitrogens with one attached hydrogen (secondary N) is 1. The Labute approximate surface area is 197 Å². The Morgan fingerprint density at radius 2 is 1.53 bits per heavy atom. The van der Waals surface area contributed by atoms with Crippen molar-refractivity contribution >= 4 is 17.5 Å². The second kappa shape index (κ2) is 10.6. The lowest BCUT2D eigenvalue weighted by Crippen LogP contribution is -2.43. The Kier molecular flexibility index (Phi) is 7.33. The van der Waals surface area contributed by atoms with Crippen LogP contribution < -0.4 is 11.1 Å². The summed E-state index contributed by atoms with van der Waals surface area (Å²) in [5.41, 5.74) is 8.20. The molecule has 1 aliphatic carbocycles. The molecule has 1 aliphatic rings. The van der Waals surface area contributed by atoms with Crippen molar-refractivity contribution in [2.24, 2.45) is 5.73 Å². The van der Waals surface area contributed by atoms with Crippen LogP contribution in [0.4, 0.5) is 14.5 Å². The van der Waals surface area contributed by atoms with Crippen LogP contribution in [-0.4, -0.2) is 28.8 Å². The number of amides is 2. The first kappa shape index (κ1) is 23.6. The molecule has 1 saturated carbocycles. The van der Waals surface area contributed by atoms with Crippen LogP contribution in [-0.2, 0) is 6.54 Å². The van der Waals surface area contributed by atoms with Crippen LogP contribution in [0.3, 0.4) is 0 Å². The van der Waals surface area contributed by atoms with Gasteiger partial charge in [-0.25, -0.2) is 8.78 Å². The molecule has 0 saturated heterocycles. The molecule has 0 spiro atoms. The van der Waals surface area contributed by atoms with Crippen LogP contribution in [0.15, 0.2) is 72.8 Å². The van der Waals surface area contributed by atoms with E-state index < -0.39 is 11.6 Å². The minimum absolute atomic E-state index is 0.0217. The topological polar surface area (TPSA) is 75.4 Å². The molecule has 4 rings (SSSR count). The van der Waals surface area contributed by atoms with E-state index in [0.29, 0.717) is 23.4 Å². The van der Waals surface area contributed by atoms with E-state index in [1.807, 2.05) is 12.1 Å². The number of carbonyl (C=O) groups excluding carboxylic acids is 2. The quantitative estimate of drug-likeness (QED) is 0.532. The molecule has 1 fully saturated rings. The summed E-state index contributed by atoms with van der Waals surface area (Å²) in [5, 5.41) is 2.78. The zero-order valence-electron chi connectivity index (χ0n) is 18.7. The van der Waals surface area contributed by atoms with Crippen LogP contribution >= 0.6 is 0 Å². The monoisotopic (exact) mass is 463 g/mol. The van der Waals surface area contributed by atoms with Crippen molar-refractivity contribution in [3.05, 3.63) is 101 Å². The van der Waals surface area contributed by atoms with Gasteiger partial charge in [0.15, 0.2) is 0 Å². The number of hydrogen-bond acceptors (Lipinski definition) is 3. The second-order valence-corrected chi connectivity index (χ2v) is 8.67. The van der Waals surface area contributed by atoms with E-state index in [1.165, 1.54) is 42.5 Å². The zero-order chi connectivity index (χ0) is 24.1. The predicted molar refractivity (Wildman–Crippen MR) is 127 cm³/mol. The molecule has 0 bridgehead atoms. The zero-order valence-corrected chi connectivity index (χ0v) is 18.7. The van der Waals surface area contributed by atoms with Gasteiger partial charge in [0.1, 0.15) is 11.6 Å². The van der Waals surface area contributed by atoms with Crippen LogP contribution in [0.2, 0.25) is 0 Å². The van der Waals surface area contributed by atoms with Crippen molar-refractivity contribution in [2.45, 2.75) is 44.3 Å². The molecule has 3 aromatic rings. The van der Waals surface area contributed by atoms with Gasteiger partial charge in [0.2, 0.25) is 0 Å². The molecule has 0 atom stereocenters. The van der Waals surface area contributed by atoms with Gasteiger partial charge in [-0.1, -0.05) is 18.2 Å². The maximum atomic E-state index is 13.8. The fourth-order valence-electron chi connectivity index (χ4n) is 4.26. The molecule has 3 N–H and O–H groups in total. The van der Waals surface area contributed by atoms with Gasteiger partial charge in [-0.3, -0.25) is 9.59 Å². The molecule has 0 aliphatic heterocycles.